The number of benzene rings is 2. The summed E-state index contributed by atoms with van der Waals surface area (Å²) in [6.45, 7) is 2.00. The van der Waals surface area contributed by atoms with Crippen LogP contribution in [0.4, 0.5) is 9.52 Å². The maximum atomic E-state index is 12.8. The molecule has 134 valence electrons. The van der Waals surface area contributed by atoms with Gasteiger partial charge in [0.15, 0.2) is 11.7 Å². The number of hydrogen-bond donors (Lipinski definition) is 1. The lowest BCUT2D eigenvalue weighted by molar-refractivity contribution is -0.118. The van der Waals surface area contributed by atoms with Gasteiger partial charge in [-0.25, -0.2) is 9.37 Å². The number of ether oxygens (including phenoxy) is 1. The van der Waals surface area contributed by atoms with Gasteiger partial charge in [0.05, 0.1) is 5.69 Å². The maximum Gasteiger partial charge on any atom is 0.264 e. The third kappa shape index (κ3) is 4.89. The first-order chi connectivity index (χ1) is 12.6. The zero-order valence-corrected chi connectivity index (χ0v) is 15.2. The fraction of sp³-hybridized carbons (Fsp3) is 0.200. The quantitative estimate of drug-likeness (QED) is 0.642. The first-order valence-electron chi connectivity index (χ1n) is 8.37. The van der Waals surface area contributed by atoms with Crippen LogP contribution in [0.3, 0.4) is 0 Å². The highest BCUT2D eigenvalue weighted by molar-refractivity contribution is 7.14. The minimum absolute atomic E-state index is 0.160. The lowest BCUT2D eigenvalue weighted by Crippen LogP contribution is -2.20. The SMILES string of the molecule is CCCc1ccc(-c2csc(NC(=O)COc3ccc(F)cc3)n2)cc1. The van der Waals surface area contributed by atoms with Crippen molar-refractivity contribution in [2.45, 2.75) is 19.8 Å². The Morgan fingerprint density at radius 3 is 2.58 bits per heavy atom. The summed E-state index contributed by atoms with van der Waals surface area (Å²) in [4.78, 5) is 16.4. The zero-order valence-electron chi connectivity index (χ0n) is 14.4. The molecule has 1 heterocycles. The first kappa shape index (κ1) is 18.1. The Labute approximate surface area is 155 Å². The van der Waals surface area contributed by atoms with Crippen molar-refractivity contribution >= 4 is 22.4 Å². The molecule has 2 aromatic carbocycles. The van der Waals surface area contributed by atoms with E-state index in [0.717, 1.165) is 24.1 Å². The molecule has 3 rings (SSSR count). The number of aryl methyl sites for hydroxylation is 1. The van der Waals surface area contributed by atoms with Crippen LogP contribution in [-0.2, 0) is 11.2 Å². The van der Waals surface area contributed by atoms with E-state index in [1.165, 1.54) is 41.2 Å². The van der Waals surface area contributed by atoms with E-state index in [1.807, 2.05) is 17.5 Å². The molecule has 0 saturated carbocycles. The number of rotatable bonds is 7. The summed E-state index contributed by atoms with van der Waals surface area (Å²) < 4.78 is 18.2. The number of nitrogens with zero attached hydrogens (tertiary/aromatic N) is 1. The summed E-state index contributed by atoms with van der Waals surface area (Å²) in [5.41, 5.74) is 3.15. The molecule has 1 N–H and O–H groups in total. The van der Waals surface area contributed by atoms with E-state index in [4.69, 9.17) is 4.74 Å². The average Bonchev–Trinajstić information content (AvgIpc) is 3.10. The summed E-state index contributed by atoms with van der Waals surface area (Å²) in [6.07, 6.45) is 2.18. The van der Waals surface area contributed by atoms with Crippen LogP contribution in [0, 0.1) is 5.82 Å². The lowest BCUT2D eigenvalue weighted by Gasteiger charge is -2.05. The highest BCUT2D eigenvalue weighted by Crippen LogP contribution is 2.25. The molecule has 0 unspecified atom stereocenters. The van der Waals surface area contributed by atoms with E-state index in [-0.39, 0.29) is 18.3 Å². The molecule has 0 spiro atoms. The smallest absolute Gasteiger partial charge is 0.264 e. The number of hydrogen-bond acceptors (Lipinski definition) is 4. The monoisotopic (exact) mass is 370 g/mol. The van der Waals surface area contributed by atoms with Crippen molar-refractivity contribution in [2.75, 3.05) is 11.9 Å². The van der Waals surface area contributed by atoms with E-state index >= 15 is 0 Å². The van der Waals surface area contributed by atoms with E-state index in [2.05, 4.69) is 29.4 Å². The third-order valence-electron chi connectivity index (χ3n) is 3.72. The van der Waals surface area contributed by atoms with Gasteiger partial charge in [0.2, 0.25) is 0 Å². The van der Waals surface area contributed by atoms with Gasteiger partial charge in [-0.05, 0) is 36.2 Å². The summed E-state index contributed by atoms with van der Waals surface area (Å²) in [5, 5.41) is 5.14. The normalized spacial score (nSPS) is 10.5. The zero-order chi connectivity index (χ0) is 18.4. The van der Waals surface area contributed by atoms with Gasteiger partial charge in [0.25, 0.3) is 5.91 Å². The van der Waals surface area contributed by atoms with Gasteiger partial charge in [-0.3, -0.25) is 10.1 Å². The molecule has 0 bridgehead atoms. The molecule has 0 aliphatic rings. The molecule has 26 heavy (non-hydrogen) atoms. The molecule has 6 heteroatoms. The Bertz CT molecular complexity index is 860. The number of carbonyl (C=O) groups excluding carboxylic acids is 1. The molecule has 0 fully saturated rings. The Kier molecular flexibility index (Phi) is 5.96. The predicted molar refractivity (Wildman–Crippen MR) is 102 cm³/mol. The number of amides is 1. The van der Waals surface area contributed by atoms with Crippen molar-refractivity contribution in [3.05, 3.63) is 65.3 Å². The lowest BCUT2D eigenvalue weighted by atomic mass is 10.1. The van der Waals surface area contributed by atoms with Gasteiger partial charge in [0.1, 0.15) is 11.6 Å². The number of halogens is 1. The second kappa shape index (κ2) is 8.58. The molecule has 3 aromatic rings. The number of anilines is 1. The molecule has 0 atom stereocenters. The molecular weight excluding hydrogens is 351 g/mol. The third-order valence-corrected chi connectivity index (χ3v) is 4.48. The van der Waals surface area contributed by atoms with E-state index in [9.17, 15) is 9.18 Å². The van der Waals surface area contributed by atoms with E-state index in [0.29, 0.717) is 10.9 Å². The van der Waals surface area contributed by atoms with Gasteiger partial charge < -0.3 is 4.74 Å². The largest absolute Gasteiger partial charge is 0.484 e. The van der Waals surface area contributed by atoms with Crippen LogP contribution in [0.5, 0.6) is 5.75 Å². The Morgan fingerprint density at radius 1 is 1.15 bits per heavy atom. The number of carbonyl (C=O) groups is 1. The summed E-state index contributed by atoms with van der Waals surface area (Å²) in [7, 11) is 0. The van der Waals surface area contributed by atoms with Crippen LogP contribution in [0.2, 0.25) is 0 Å². The molecule has 1 aromatic heterocycles. The minimum Gasteiger partial charge on any atom is -0.484 e. The Balaban J connectivity index is 1.55. The average molecular weight is 370 g/mol. The van der Waals surface area contributed by atoms with Gasteiger partial charge in [-0.1, -0.05) is 37.6 Å². The first-order valence-corrected chi connectivity index (χ1v) is 9.25. The van der Waals surface area contributed by atoms with E-state index in [1.54, 1.807) is 0 Å². The highest BCUT2D eigenvalue weighted by atomic mass is 32.1. The highest BCUT2D eigenvalue weighted by Gasteiger charge is 2.09. The molecule has 0 aliphatic carbocycles. The molecular formula is C20H19FN2O2S. The fourth-order valence-electron chi connectivity index (χ4n) is 2.43. The summed E-state index contributed by atoms with van der Waals surface area (Å²) >= 11 is 1.36. The molecule has 0 aliphatic heterocycles. The number of nitrogens with one attached hydrogen (secondary N) is 1. The van der Waals surface area contributed by atoms with Crippen molar-refractivity contribution in [1.82, 2.24) is 4.98 Å². The van der Waals surface area contributed by atoms with Crippen LogP contribution < -0.4 is 10.1 Å². The predicted octanol–water partition coefficient (Wildman–Crippen LogP) is 4.92. The van der Waals surface area contributed by atoms with Gasteiger partial charge >= 0.3 is 0 Å². The van der Waals surface area contributed by atoms with Gasteiger partial charge in [0, 0.05) is 10.9 Å². The van der Waals surface area contributed by atoms with Crippen molar-refractivity contribution in [3.8, 4) is 17.0 Å². The van der Waals surface area contributed by atoms with Gasteiger partial charge in [-0.15, -0.1) is 11.3 Å². The fourth-order valence-corrected chi connectivity index (χ4v) is 3.17. The topological polar surface area (TPSA) is 51.2 Å². The summed E-state index contributed by atoms with van der Waals surface area (Å²) in [6, 6.07) is 13.8. The van der Waals surface area contributed by atoms with Crippen molar-refractivity contribution < 1.29 is 13.9 Å². The second-order valence-corrected chi connectivity index (χ2v) is 6.63. The van der Waals surface area contributed by atoms with Crippen LogP contribution in [0.1, 0.15) is 18.9 Å². The van der Waals surface area contributed by atoms with Crippen LogP contribution in [-0.4, -0.2) is 17.5 Å². The van der Waals surface area contributed by atoms with Crippen LogP contribution >= 0.6 is 11.3 Å². The Morgan fingerprint density at radius 2 is 1.88 bits per heavy atom. The Hall–Kier alpha value is -2.73. The number of aromatic nitrogens is 1. The van der Waals surface area contributed by atoms with E-state index < -0.39 is 0 Å². The standard InChI is InChI=1S/C20H19FN2O2S/c1-2-3-14-4-6-15(7-5-14)18-13-26-20(22-18)23-19(24)12-25-17-10-8-16(21)9-11-17/h4-11,13H,2-3,12H2,1H3,(H,22,23,24). The molecule has 0 radical (unpaired) electrons. The summed E-state index contributed by atoms with van der Waals surface area (Å²) in [5.74, 6) is -0.220. The van der Waals surface area contributed by atoms with Crippen LogP contribution in [0.15, 0.2) is 53.9 Å². The molecule has 1 amide bonds. The van der Waals surface area contributed by atoms with Gasteiger partial charge in [-0.2, -0.15) is 0 Å². The maximum absolute atomic E-state index is 12.8. The number of thiazole rings is 1. The molecule has 0 saturated heterocycles. The van der Waals surface area contributed by atoms with Crippen molar-refractivity contribution in [2.24, 2.45) is 0 Å². The van der Waals surface area contributed by atoms with Crippen LogP contribution in [0.25, 0.3) is 11.3 Å². The van der Waals surface area contributed by atoms with Crippen molar-refractivity contribution in [1.29, 1.82) is 0 Å². The second-order valence-electron chi connectivity index (χ2n) is 5.78. The van der Waals surface area contributed by atoms with Crippen molar-refractivity contribution in [3.63, 3.8) is 0 Å². The molecule has 4 nitrogen and oxygen atoms in total. The minimum atomic E-state index is -0.347.